The third kappa shape index (κ3) is 50.2. The molecule has 680 valence electrons. The van der Waals surface area contributed by atoms with E-state index >= 15 is 0 Å². The van der Waals surface area contributed by atoms with E-state index in [0.29, 0.717) is 45.8 Å². The first-order valence-electron chi connectivity index (χ1n) is 51.6. The largest absolute Gasteiger partial charge is 0.352 e. The minimum absolute atomic E-state index is 0.173. The van der Waals surface area contributed by atoms with Crippen LogP contribution in [0.4, 0.5) is 0 Å². The minimum atomic E-state index is -0.173. The topological polar surface area (TPSA) is 58.2 Å². The van der Waals surface area contributed by atoms with E-state index in [1.165, 1.54) is 241 Å². The summed E-state index contributed by atoms with van der Waals surface area (Å²) in [7, 11) is 0. The van der Waals surface area contributed by atoms with E-state index in [4.69, 9.17) is 0 Å². The molecule has 0 spiro atoms. The number of carbonyl (C=O) groups excluding carboxylic acids is 2. The molecule has 0 aliphatic heterocycles. The highest BCUT2D eigenvalue weighted by Crippen LogP contribution is 2.23. The van der Waals surface area contributed by atoms with Gasteiger partial charge in [-0.05, 0) is 269 Å². The van der Waals surface area contributed by atoms with Gasteiger partial charge >= 0.3 is 0 Å². The second kappa shape index (κ2) is 70.8. The third-order valence-corrected chi connectivity index (χ3v) is 23.8. The molecule has 12 bridgehead atoms. The molecule has 0 aromatic heterocycles. The van der Waals surface area contributed by atoms with E-state index in [0.717, 1.165) is 184 Å². The van der Waals surface area contributed by atoms with Gasteiger partial charge in [0.2, 0.25) is 0 Å². The van der Waals surface area contributed by atoms with Crippen molar-refractivity contribution in [3.05, 3.63) is 240 Å². The van der Waals surface area contributed by atoms with Crippen molar-refractivity contribution in [2.24, 2.45) is 0 Å². The summed E-state index contributed by atoms with van der Waals surface area (Å²) < 4.78 is 0. The quantitative estimate of drug-likeness (QED) is 0.0295. The minimum Gasteiger partial charge on any atom is -0.352 e. The molecule has 0 unspecified atom stereocenters. The first-order chi connectivity index (χ1) is 64.1. The highest BCUT2D eigenvalue weighted by atomic mass is 16.2. The van der Waals surface area contributed by atoms with Crippen LogP contribution in [-0.4, -0.2) is 24.9 Å². The lowest BCUT2D eigenvalue weighted by atomic mass is 10.0. The van der Waals surface area contributed by atoms with Gasteiger partial charge < -0.3 is 10.6 Å². The summed E-state index contributed by atoms with van der Waals surface area (Å²) in [6.07, 6.45) is 65.0. The van der Waals surface area contributed by atoms with Crippen LogP contribution >= 0.6 is 0 Å². The smallest absolute Gasteiger partial charge is 0.251 e. The highest BCUT2D eigenvalue weighted by Gasteiger charge is 2.10. The summed E-state index contributed by atoms with van der Waals surface area (Å²) in [6, 6.07) is 92.3. The number of hydrogen-bond acceptors (Lipinski definition) is 2. The first-order valence-corrected chi connectivity index (χ1v) is 51.6. The average molecular weight is 1730 g/mol. The molecule has 2 N–H and O–H groups in total. The summed E-state index contributed by atoms with van der Waals surface area (Å²) >= 11 is 0. The fraction of sp³-hybridized carbons (Fsp3) is 0.508. The molecule has 7 aromatic rings. The normalized spacial score (nSPS) is 10.3. The monoisotopic (exact) mass is 1730 g/mol. The molecule has 0 aliphatic rings. The van der Waals surface area contributed by atoms with E-state index in [9.17, 15) is 9.59 Å². The number of hydrogen-bond donors (Lipinski definition) is 2. The van der Waals surface area contributed by atoms with Crippen molar-refractivity contribution >= 4 is 76.4 Å². The first kappa shape index (κ1) is 106. The molecule has 0 fully saturated rings. The summed E-state index contributed by atoms with van der Waals surface area (Å²) in [6.45, 7) is 14.6. The lowest BCUT2D eigenvalue weighted by molar-refractivity contribution is 0.0945. The zero-order valence-corrected chi connectivity index (χ0v) is 81.2. The van der Waals surface area contributed by atoms with E-state index in [2.05, 4.69) is 269 Å². The Morgan fingerprint density at radius 2 is 0.369 bits per heavy atom. The number of rotatable bonds is 58. The van der Waals surface area contributed by atoms with Gasteiger partial charge in [-0.2, -0.15) is 0 Å². The van der Waals surface area contributed by atoms with E-state index < -0.39 is 0 Å². The fourth-order valence-electron chi connectivity index (χ4n) is 16.3. The van der Waals surface area contributed by atoms with Gasteiger partial charge in [0.25, 0.3) is 11.8 Å². The van der Waals surface area contributed by atoms with Crippen molar-refractivity contribution in [2.75, 3.05) is 13.1 Å². The maximum Gasteiger partial charge on any atom is 0.251 e. The van der Waals surface area contributed by atoms with Gasteiger partial charge in [-0.3, -0.25) is 9.59 Å². The van der Waals surface area contributed by atoms with Gasteiger partial charge in [0.05, 0.1) is 0 Å². The molecule has 0 atom stereocenters. The zero-order chi connectivity index (χ0) is 91.7. The second-order valence-electron chi connectivity index (χ2n) is 35.8. The average Bonchev–Trinajstić information content (AvgIpc) is 0.842. The van der Waals surface area contributed by atoms with Crippen molar-refractivity contribution in [1.29, 1.82) is 0 Å². The highest BCUT2D eigenvalue weighted by molar-refractivity contribution is 5.98. The van der Waals surface area contributed by atoms with Crippen LogP contribution in [0.5, 0.6) is 0 Å². The summed E-state index contributed by atoms with van der Waals surface area (Å²) in [5, 5.41) is 15.9. The van der Waals surface area contributed by atoms with E-state index in [1.807, 2.05) is 36.4 Å². The number of aryl methyl sites for hydroxylation is 4. The van der Waals surface area contributed by atoms with Crippen molar-refractivity contribution < 1.29 is 9.59 Å². The van der Waals surface area contributed by atoms with Crippen molar-refractivity contribution in [1.82, 2.24) is 10.6 Å². The Morgan fingerprint density at radius 3 is 0.577 bits per heavy atom. The number of unbranched alkanes of at least 4 members (excludes halogenated alkanes) is 44. The van der Waals surface area contributed by atoms with Gasteiger partial charge in [0, 0.05) is 115 Å². The Morgan fingerprint density at radius 1 is 0.200 bits per heavy atom. The maximum absolute atomic E-state index is 14.4. The molecule has 0 saturated heterocycles. The molecule has 7 aromatic carbocycles. The molecule has 0 saturated carbocycles. The van der Waals surface area contributed by atoms with Crippen LogP contribution in [-0.2, 0) is 25.7 Å². The Bertz CT molecular complexity index is 4540. The molecule has 0 radical (unpaired) electrons. The fourth-order valence-corrected chi connectivity index (χ4v) is 16.3. The molecular formula is C126H154N2O2. The zero-order valence-electron chi connectivity index (χ0n) is 81.2. The molecule has 2 amide bonds. The Labute approximate surface area is 792 Å². The van der Waals surface area contributed by atoms with Crippen molar-refractivity contribution in [3.8, 4) is 47.4 Å². The van der Waals surface area contributed by atoms with E-state index in [1.54, 1.807) is 0 Å². The molecule has 7 rings (SSSR count). The summed E-state index contributed by atoms with van der Waals surface area (Å²) in [4.78, 5) is 28.8. The lowest BCUT2D eigenvalue weighted by Crippen LogP contribution is -2.24. The number of fused-ring (bicyclic) bond motifs is 12. The van der Waals surface area contributed by atoms with Crippen LogP contribution in [0, 0.1) is 144 Å². The summed E-state index contributed by atoms with van der Waals surface area (Å²) in [5.41, 5.74) is 5.71. The Balaban J connectivity index is 1.31. The van der Waals surface area contributed by atoms with Gasteiger partial charge in [0.15, 0.2) is 0 Å². The standard InChI is InChI=1S/C126H154N2O2/c1-7-13-19-25-31-33-35-37-39-41-43-45-47-49-51-53-59-69-87-127-125(129)123-103-119-83-79-115-93-107(71-61-55-27-21-15-9-3)89-111(97-115)75-65-67-77-113-91-109(73-63-57-29-23-17-11-5)95-117(99-113)81-85-121-102-122(106-124(105-121)126(130)128-88-70-60-54-52-50-48-46-44-42-40-38-36-34-32-26-20-14-8-2)86-82-118-96-110(74-64-58-30-24-18-12-6)92-114(100-118)78-68-66-76-112-90-108(72-62-56-28-22-16-10-4)94-116(98-112)80-84-120(101-119)104-123/h89-106H,7-44,53-64,69-74,87-88H2,1-6H3,(H,127,129)(H,128,130). The number of benzene rings is 6. The molecule has 0 aliphatic carbocycles. The molecule has 130 heavy (non-hydrogen) atoms. The lowest BCUT2D eigenvalue weighted by Gasteiger charge is -2.04. The number of amides is 2. The number of nitrogens with one attached hydrogen (secondary N) is 2. The van der Waals surface area contributed by atoms with Crippen molar-refractivity contribution in [3.63, 3.8) is 0 Å². The Kier molecular flexibility index (Phi) is 57.8. The van der Waals surface area contributed by atoms with Crippen molar-refractivity contribution in [2.45, 2.75) is 401 Å². The van der Waals surface area contributed by atoms with Crippen LogP contribution < -0.4 is 10.6 Å². The predicted octanol–water partition coefficient (Wildman–Crippen LogP) is 33.6. The second-order valence-corrected chi connectivity index (χ2v) is 35.8. The maximum atomic E-state index is 14.4. The van der Waals surface area contributed by atoms with Crippen LogP contribution in [0.15, 0.2) is 109 Å². The third-order valence-electron chi connectivity index (χ3n) is 23.8. The van der Waals surface area contributed by atoms with Gasteiger partial charge in [0.1, 0.15) is 0 Å². The van der Waals surface area contributed by atoms with Gasteiger partial charge in [-0.15, -0.1) is 0 Å². The van der Waals surface area contributed by atoms with Crippen LogP contribution in [0.25, 0.3) is 64.6 Å². The predicted molar refractivity (Wildman–Crippen MR) is 555 cm³/mol. The van der Waals surface area contributed by atoms with Crippen LogP contribution in [0.3, 0.4) is 0 Å². The van der Waals surface area contributed by atoms with E-state index in [-0.39, 0.29) is 11.8 Å². The molecule has 0 heterocycles. The van der Waals surface area contributed by atoms with Crippen LogP contribution in [0.2, 0.25) is 0 Å². The number of carbonyl (C=O) groups is 2. The van der Waals surface area contributed by atoms with Crippen LogP contribution in [0.1, 0.15) is 418 Å². The molecular weight excluding hydrogens is 1570 g/mol. The summed E-state index contributed by atoms with van der Waals surface area (Å²) in [5.74, 6) is 25.0. The van der Waals surface area contributed by atoms with Gasteiger partial charge in [-0.1, -0.05) is 382 Å². The SMILES string of the molecule is CCCCCCCCCCCCC#CC#CCCCCNC(=O)c1cc2c#cc3cc(CCCCCCCC)cc(c#cc#cc4cc(CCCCCCCC)cc(c#cc5cc(C(=O)NCCCCC#CC#CCCCCCCCCCCCC)cc(c#cc6cc(CCCCCCCC)cc(c#cc#cc7cc(CCCCCCCC)cc(c#cc(c1)c2)c7)c6)c5)c4)c3. The molecule has 4 heteroatoms. The van der Waals surface area contributed by atoms with Gasteiger partial charge in [-0.25, -0.2) is 0 Å². The Hall–Kier alpha value is -11.0. The molecule has 4 nitrogen and oxygen atoms in total.